The zero-order chi connectivity index (χ0) is 21.6. The van der Waals surface area contributed by atoms with Crippen molar-refractivity contribution in [3.05, 3.63) is 70.0 Å². The quantitative estimate of drug-likeness (QED) is 0.648. The Morgan fingerprint density at radius 2 is 2.03 bits per heavy atom. The average Bonchev–Trinajstić information content (AvgIpc) is 3.13. The van der Waals surface area contributed by atoms with E-state index in [1.54, 1.807) is 6.92 Å². The second-order valence-electron chi connectivity index (χ2n) is 7.12. The molecule has 6 nitrogen and oxygen atoms in total. The van der Waals surface area contributed by atoms with Crippen molar-refractivity contribution in [1.29, 1.82) is 0 Å². The second kappa shape index (κ2) is 7.53. The Hall–Kier alpha value is -3.26. The molecule has 0 bridgehead atoms. The third kappa shape index (κ3) is 3.43. The summed E-state index contributed by atoms with van der Waals surface area (Å²) in [5.41, 5.74) is 1.18. The second-order valence-corrected chi connectivity index (χ2v) is 7.55. The fourth-order valence-electron chi connectivity index (χ4n) is 3.66. The van der Waals surface area contributed by atoms with Crippen molar-refractivity contribution in [2.45, 2.75) is 19.3 Å². The summed E-state index contributed by atoms with van der Waals surface area (Å²) in [5, 5.41) is 9.88. The van der Waals surface area contributed by atoms with E-state index in [-0.39, 0.29) is 34.2 Å². The molecule has 9 heteroatoms. The molecule has 1 aliphatic heterocycles. The molecule has 4 rings (SSSR count). The highest BCUT2D eigenvalue weighted by Gasteiger charge is 2.36. The lowest BCUT2D eigenvalue weighted by molar-refractivity contribution is -0.129. The number of fused-ring (bicyclic) bond motifs is 1. The molecule has 0 aliphatic carbocycles. The number of rotatable bonds is 3. The maximum atomic E-state index is 14.6. The predicted octanol–water partition coefficient (Wildman–Crippen LogP) is 4.35. The number of aromatic nitrogens is 2. The molecule has 2 heterocycles. The first kappa shape index (κ1) is 20.0. The zero-order valence-corrected chi connectivity index (χ0v) is 16.8. The summed E-state index contributed by atoms with van der Waals surface area (Å²) in [6.45, 7) is 1.60. The molecule has 0 spiro atoms. The van der Waals surface area contributed by atoms with Crippen LogP contribution in [-0.4, -0.2) is 34.0 Å². The number of nitrogens with one attached hydrogen (secondary N) is 2. The summed E-state index contributed by atoms with van der Waals surface area (Å²) in [6, 6.07) is 6.78. The molecule has 0 fully saturated rings. The van der Waals surface area contributed by atoms with Crippen molar-refractivity contribution in [3.63, 3.8) is 0 Å². The van der Waals surface area contributed by atoms with Crippen LogP contribution in [0.2, 0.25) is 5.02 Å². The summed E-state index contributed by atoms with van der Waals surface area (Å²) < 4.78 is 29.1. The number of halogens is 3. The van der Waals surface area contributed by atoms with E-state index in [9.17, 15) is 18.4 Å². The van der Waals surface area contributed by atoms with Crippen molar-refractivity contribution in [2.75, 3.05) is 12.4 Å². The van der Waals surface area contributed by atoms with Gasteiger partial charge in [0.15, 0.2) is 0 Å². The number of H-pyrrole nitrogens is 1. The lowest BCUT2D eigenvalue weighted by Gasteiger charge is -2.32. The molecular formula is C21H17ClF2N4O2. The number of amides is 2. The highest BCUT2D eigenvalue weighted by molar-refractivity contribution is 6.30. The van der Waals surface area contributed by atoms with Crippen molar-refractivity contribution in [1.82, 2.24) is 15.1 Å². The van der Waals surface area contributed by atoms with Crippen LogP contribution in [0.5, 0.6) is 0 Å². The van der Waals surface area contributed by atoms with E-state index in [0.717, 1.165) is 6.07 Å². The number of aromatic amines is 1. The fraction of sp³-hybridized carbons (Fsp3) is 0.190. The van der Waals surface area contributed by atoms with Crippen molar-refractivity contribution < 1.29 is 18.4 Å². The first-order valence-corrected chi connectivity index (χ1v) is 9.50. The van der Waals surface area contributed by atoms with Crippen LogP contribution in [0.1, 0.15) is 24.8 Å². The molecular weight excluding hydrogens is 414 g/mol. The summed E-state index contributed by atoms with van der Waals surface area (Å²) in [4.78, 5) is 26.9. The molecule has 0 saturated carbocycles. The normalized spacial score (nSPS) is 17.0. The molecule has 1 unspecified atom stereocenters. The Labute approximate surface area is 175 Å². The van der Waals surface area contributed by atoms with Gasteiger partial charge in [-0.05, 0) is 30.7 Å². The van der Waals surface area contributed by atoms with Crippen molar-refractivity contribution in [2.24, 2.45) is 0 Å². The summed E-state index contributed by atoms with van der Waals surface area (Å²) in [5.74, 6) is -2.96. The van der Waals surface area contributed by atoms with E-state index in [0.29, 0.717) is 16.6 Å². The van der Waals surface area contributed by atoms with E-state index >= 15 is 0 Å². The summed E-state index contributed by atoms with van der Waals surface area (Å²) in [6.07, 6.45) is 1.41. The van der Waals surface area contributed by atoms with Gasteiger partial charge in [0.2, 0.25) is 5.91 Å². The fourth-order valence-corrected chi connectivity index (χ4v) is 3.81. The molecule has 3 aromatic rings. The van der Waals surface area contributed by atoms with Crippen molar-refractivity contribution in [3.8, 4) is 0 Å². The third-order valence-electron chi connectivity index (χ3n) is 5.35. The van der Waals surface area contributed by atoms with E-state index < -0.39 is 23.5 Å². The minimum absolute atomic E-state index is 0.0379. The number of hydrogen-bond acceptors (Lipinski definition) is 3. The first-order chi connectivity index (χ1) is 14.3. The molecule has 2 aromatic carbocycles. The molecule has 1 aliphatic rings. The molecule has 0 radical (unpaired) electrons. The number of carbonyl (C=O) groups is 2. The Morgan fingerprint density at radius 3 is 2.77 bits per heavy atom. The standard InChI is InChI=1S/C21H17ClF2N4O2/c1-10-20(21(30)26-18-5-11-9-25-27-17(11)8-16(18)24)14(7-19(29)28(10)2)13-4-3-12(22)6-15(13)23/h3-6,8-9,14H,7H2,1-2H3,(H,25,27)(H,26,30). The van der Waals surface area contributed by atoms with Gasteiger partial charge in [-0.15, -0.1) is 0 Å². The van der Waals surface area contributed by atoms with Gasteiger partial charge in [-0.2, -0.15) is 5.10 Å². The van der Waals surface area contributed by atoms with Gasteiger partial charge < -0.3 is 10.2 Å². The lowest BCUT2D eigenvalue weighted by Crippen LogP contribution is -2.37. The van der Waals surface area contributed by atoms with Gasteiger partial charge in [-0.3, -0.25) is 14.7 Å². The summed E-state index contributed by atoms with van der Waals surface area (Å²) in [7, 11) is 1.54. The van der Waals surface area contributed by atoms with Crippen LogP contribution in [0.25, 0.3) is 10.9 Å². The monoisotopic (exact) mass is 430 g/mol. The van der Waals surface area contributed by atoms with Crippen LogP contribution in [0.3, 0.4) is 0 Å². The van der Waals surface area contributed by atoms with Gasteiger partial charge in [0.05, 0.1) is 17.4 Å². The minimum Gasteiger partial charge on any atom is -0.320 e. The molecule has 0 saturated heterocycles. The van der Waals surface area contributed by atoms with Crippen LogP contribution in [0.4, 0.5) is 14.5 Å². The van der Waals surface area contributed by atoms with Crippen LogP contribution in [0.15, 0.2) is 47.8 Å². The van der Waals surface area contributed by atoms with E-state index in [4.69, 9.17) is 11.6 Å². The minimum atomic E-state index is -0.827. The van der Waals surface area contributed by atoms with Gasteiger partial charge in [0, 0.05) is 47.1 Å². The Bertz CT molecular complexity index is 1220. The number of anilines is 1. The van der Waals surface area contributed by atoms with Gasteiger partial charge in [0.1, 0.15) is 11.6 Å². The van der Waals surface area contributed by atoms with Crippen LogP contribution in [-0.2, 0) is 9.59 Å². The maximum Gasteiger partial charge on any atom is 0.254 e. The number of hydrogen-bond donors (Lipinski definition) is 2. The highest BCUT2D eigenvalue weighted by Crippen LogP contribution is 2.38. The van der Waals surface area contributed by atoms with E-state index in [1.165, 1.54) is 42.4 Å². The smallest absolute Gasteiger partial charge is 0.254 e. The largest absolute Gasteiger partial charge is 0.320 e. The van der Waals surface area contributed by atoms with Crippen LogP contribution < -0.4 is 5.32 Å². The summed E-state index contributed by atoms with van der Waals surface area (Å²) >= 11 is 5.84. The van der Waals surface area contributed by atoms with E-state index in [1.807, 2.05) is 0 Å². The zero-order valence-electron chi connectivity index (χ0n) is 16.1. The maximum absolute atomic E-state index is 14.6. The Kier molecular flexibility index (Phi) is 5.03. The molecule has 1 aromatic heterocycles. The topological polar surface area (TPSA) is 78.1 Å². The highest BCUT2D eigenvalue weighted by atomic mass is 35.5. The predicted molar refractivity (Wildman–Crippen MR) is 109 cm³/mol. The number of allylic oxidation sites excluding steroid dienone is 1. The molecule has 2 N–H and O–H groups in total. The van der Waals surface area contributed by atoms with Crippen molar-refractivity contribution >= 4 is 40.0 Å². The van der Waals surface area contributed by atoms with Gasteiger partial charge >= 0.3 is 0 Å². The molecule has 1 atom stereocenters. The van der Waals surface area contributed by atoms with Crippen LogP contribution >= 0.6 is 11.6 Å². The van der Waals surface area contributed by atoms with Gasteiger partial charge in [0.25, 0.3) is 5.91 Å². The third-order valence-corrected chi connectivity index (χ3v) is 5.59. The lowest BCUT2D eigenvalue weighted by atomic mass is 9.83. The van der Waals surface area contributed by atoms with E-state index in [2.05, 4.69) is 15.5 Å². The Morgan fingerprint density at radius 1 is 1.27 bits per heavy atom. The SMILES string of the molecule is CC1=C(C(=O)Nc2cc3cn[nH]c3cc2F)C(c2ccc(Cl)cc2F)CC(=O)N1C. The molecule has 30 heavy (non-hydrogen) atoms. The first-order valence-electron chi connectivity index (χ1n) is 9.12. The van der Waals surface area contributed by atoms with Crippen LogP contribution in [0, 0.1) is 11.6 Å². The number of carbonyl (C=O) groups excluding carboxylic acids is 2. The molecule has 2 amide bonds. The average molecular weight is 431 g/mol. The Balaban J connectivity index is 1.76. The number of benzene rings is 2. The number of nitrogens with zero attached hydrogens (tertiary/aromatic N) is 2. The van der Waals surface area contributed by atoms with Gasteiger partial charge in [-0.1, -0.05) is 17.7 Å². The molecule has 154 valence electrons. The van der Waals surface area contributed by atoms with Gasteiger partial charge in [-0.25, -0.2) is 8.78 Å².